The largest absolute Gasteiger partial charge is 0.493 e. The van der Waals surface area contributed by atoms with Gasteiger partial charge in [0.1, 0.15) is 5.75 Å². The van der Waals surface area contributed by atoms with E-state index in [2.05, 4.69) is 0 Å². The van der Waals surface area contributed by atoms with Crippen LogP contribution in [-0.2, 0) is 6.42 Å². The van der Waals surface area contributed by atoms with Gasteiger partial charge < -0.3 is 15.6 Å². The molecule has 82 valence electrons. The van der Waals surface area contributed by atoms with Crippen LogP contribution in [0.1, 0.15) is 30.6 Å². The second-order valence-corrected chi connectivity index (χ2v) is 3.98. The molecule has 0 amide bonds. The maximum Gasteiger partial charge on any atom is 0.122 e. The molecule has 1 aromatic carbocycles. The number of ether oxygens (including phenoxy) is 1. The van der Waals surface area contributed by atoms with Crippen molar-refractivity contribution in [3.8, 4) is 5.75 Å². The van der Waals surface area contributed by atoms with Gasteiger partial charge in [-0.1, -0.05) is 13.0 Å². The Morgan fingerprint density at radius 1 is 1.53 bits per heavy atom. The maximum absolute atomic E-state index is 9.95. The van der Waals surface area contributed by atoms with Gasteiger partial charge in [-0.05, 0) is 29.7 Å². The first-order chi connectivity index (χ1) is 7.22. The van der Waals surface area contributed by atoms with Gasteiger partial charge in [-0.15, -0.1) is 0 Å². The minimum absolute atomic E-state index is 0.189. The molecule has 0 fully saturated rings. The third-order valence-corrected chi connectivity index (χ3v) is 2.93. The van der Waals surface area contributed by atoms with Crippen LogP contribution < -0.4 is 10.5 Å². The van der Waals surface area contributed by atoms with Crippen LogP contribution in [0.2, 0.25) is 0 Å². The number of aliphatic hydroxyl groups excluding tert-OH is 1. The number of fused-ring (bicyclic) bond motifs is 1. The maximum atomic E-state index is 9.95. The van der Waals surface area contributed by atoms with Crippen molar-refractivity contribution in [2.45, 2.75) is 31.9 Å². The van der Waals surface area contributed by atoms with Gasteiger partial charge in [0.25, 0.3) is 0 Å². The zero-order valence-electron chi connectivity index (χ0n) is 8.94. The molecule has 1 aliphatic heterocycles. The SMILES string of the molecule is CCC(N)C(O)c1ccc2c(c1)CCO2. The Labute approximate surface area is 89.9 Å². The van der Waals surface area contributed by atoms with Crippen molar-refractivity contribution in [3.63, 3.8) is 0 Å². The lowest BCUT2D eigenvalue weighted by atomic mass is 9.98. The summed E-state index contributed by atoms with van der Waals surface area (Å²) in [6, 6.07) is 5.63. The summed E-state index contributed by atoms with van der Waals surface area (Å²) < 4.78 is 5.41. The second kappa shape index (κ2) is 4.21. The molecule has 1 aliphatic rings. The average molecular weight is 207 g/mol. The van der Waals surface area contributed by atoms with Gasteiger partial charge in [0.15, 0.2) is 0 Å². The van der Waals surface area contributed by atoms with Crippen molar-refractivity contribution in [1.82, 2.24) is 0 Å². The summed E-state index contributed by atoms with van der Waals surface area (Å²) in [7, 11) is 0. The van der Waals surface area contributed by atoms with Crippen LogP contribution in [0.5, 0.6) is 5.75 Å². The molecule has 0 radical (unpaired) electrons. The van der Waals surface area contributed by atoms with Crippen molar-refractivity contribution >= 4 is 0 Å². The molecule has 1 aromatic rings. The lowest BCUT2D eigenvalue weighted by Gasteiger charge is -2.17. The van der Waals surface area contributed by atoms with Crippen LogP contribution in [-0.4, -0.2) is 17.8 Å². The molecule has 3 nitrogen and oxygen atoms in total. The van der Waals surface area contributed by atoms with Crippen molar-refractivity contribution in [1.29, 1.82) is 0 Å². The van der Waals surface area contributed by atoms with Gasteiger partial charge in [0, 0.05) is 12.5 Å². The van der Waals surface area contributed by atoms with Gasteiger partial charge in [0.2, 0.25) is 0 Å². The van der Waals surface area contributed by atoms with Gasteiger partial charge in [-0.25, -0.2) is 0 Å². The first kappa shape index (κ1) is 10.5. The summed E-state index contributed by atoms with van der Waals surface area (Å²) in [6.45, 7) is 2.72. The van der Waals surface area contributed by atoms with Crippen LogP contribution in [0.25, 0.3) is 0 Å². The Balaban J connectivity index is 2.22. The molecule has 0 spiro atoms. The van der Waals surface area contributed by atoms with E-state index >= 15 is 0 Å². The van der Waals surface area contributed by atoms with E-state index in [4.69, 9.17) is 10.5 Å². The van der Waals surface area contributed by atoms with E-state index in [1.54, 1.807) is 0 Å². The van der Waals surface area contributed by atoms with E-state index in [1.807, 2.05) is 25.1 Å². The number of rotatable bonds is 3. The van der Waals surface area contributed by atoms with Crippen LogP contribution in [0, 0.1) is 0 Å². The van der Waals surface area contributed by atoms with E-state index in [0.717, 1.165) is 30.8 Å². The van der Waals surface area contributed by atoms with Gasteiger partial charge >= 0.3 is 0 Å². The van der Waals surface area contributed by atoms with Gasteiger partial charge in [-0.3, -0.25) is 0 Å². The number of hydrogen-bond donors (Lipinski definition) is 2. The fourth-order valence-corrected chi connectivity index (χ4v) is 1.86. The van der Waals surface area contributed by atoms with E-state index < -0.39 is 6.10 Å². The van der Waals surface area contributed by atoms with Gasteiger partial charge in [0.05, 0.1) is 12.7 Å². The van der Waals surface area contributed by atoms with E-state index in [-0.39, 0.29) is 6.04 Å². The summed E-state index contributed by atoms with van der Waals surface area (Å²) >= 11 is 0. The topological polar surface area (TPSA) is 55.5 Å². The molecule has 0 aliphatic carbocycles. The van der Waals surface area contributed by atoms with E-state index in [0.29, 0.717) is 0 Å². The van der Waals surface area contributed by atoms with Gasteiger partial charge in [-0.2, -0.15) is 0 Å². The van der Waals surface area contributed by atoms with Crippen molar-refractivity contribution in [2.24, 2.45) is 5.73 Å². The first-order valence-electron chi connectivity index (χ1n) is 5.41. The van der Waals surface area contributed by atoms with E-state index in [1.165, 1.54) is 5.56 Å². The Hall–Kier alpha value is -1.06. The highest BCUT2D eigenvalue weighted by atomic mass is 16.5. The molecule has 0 bridgehead atoms. The quantitative estimate of drug-likeness (QED) is 0.787. The normalized spacial score (nSPS) is 18.1. The highest BCUT2D eigenvalue weighted by Crippen LogP contribution is 2.29. The summed E-state index contributed by atoms with van der Waals surface area (Å²) in [5, 5.41) is 9.95. The van der Waals surface area contributed by atoms with Crippen molar-refractivity contribution in [3.05, 3.63) is 29.3 Å². The average Bonchev–Trinajstić information content (AvgIpc) is 2.73. The lowest BCUT2D eigenvalue weighted by Crippen LogP contribution is -2.27. The molecular formula is C12H17NO2. The minimum Gasteiger partial charge on any atom is -0.493 e. The van der Waals surface area contributed by atoms with Crippen LogP contribution in [0.4, 0.5) is 0 Å². The second-order valence-electron chi connectivity index (χ2n) is 3.98. The molecule has 2 atom stereocenters. The summed E-state index contributed by atoms with van der Waals surface area (Å²) in [5.41, 5.74) is 7.89. The molecule has 0 aromatic heterocycles. The van der Waals surface area contributed by atoms with Crippen molar-refractivity contribution < 1.29 is 9.84 Å². The minimum atomic E-state index is -0.569. The van der Waals surface area contributed by atoms with Crippen LogP contribution >= 0.6 is 0 Å². The molecule has 15 heavy (non-hydrogen) atoms. The number of hydrogen-bond acceptors (Lipinski definition) is 3. The standard InChI is InChI=1S/C12H17NO2/c1-2-10(13)12(14)9-3-4-11-8(7-9)5-6-15-11/h3-4,7,10,12,14H,2,5-6,13H2,1H3. The Morgan fingerprint density at radius 3 is 3.07 bits per heavy atom. The summed E-state index contributed by atoms with van der Waals surface area (Å²) in [6.07, 6.45) is 1.13. The van der Waals surface area contributed by atoms with E-state index in [9.17, 15) is 5.11 Å². The monoisotopic (exact) mass is 207 g/mol. The molecule has 3 heteroatoms. The number of nitrogens with two attached hydrogens (primary N) is 1. The Bertz CT molecular complexity index is 351. The molecule has 2 rings (SSSR count). The lowest BCUT2D eigenvalue weighted by molar-refractivity contribution is 0.144. The molecular weight excluding hydrogens is 190 g/mol. The third kappa shape index (κ3) is 1.98. The van der Waals surface area contributed by atoms with Crippen LogP contribution in [0.3, 0.4) is 0 Å². The Morgan fingerprint density at radius 2 is 2.33 bits per heavy atom. The highest BCUT2D eigenvalue weighted by Gasteiger charge is 2.18. The van der Waals surface area contributed by atoms with Crippen LogP contribution in [0.15, 0.2) is 18.2 Å². The Kier molecular flexibility index (Phi) is 2.93. The molecule has 2 unspecified atom stereocenters. The fraction of sp³-hybridized carbons (Fsp3) is 0.500. The predicted molar refractivity (Wildman–Crippen MR) is 58.9 cm³/mol. The first-order valence-corrected chi connectivity index (χ1v) is 5.41. The molecule has 0 saturated heterocycles. The molecule has 0 saturated carbocycles. The molecule has 3 N–H and O–H groups in total. The zero-order valence-corrected chi connectivity index (χ0v) is 8.94. The smallest absolute Gasteiger partial charge is 0.122 e. The number of benzene rings is 1. The third-order valence-electron chi connectivity index (χ3n) is 2.93. The fourth-order valence-electron chi connectivity index (χ4n) is 1.86. The summed E-state index contributed by atoms with van der Waals surface area (Å²) in [4.78, 5) is 0. The van der Waals surface area contributed by atoms with Crippen molar-refractivity contribution in [2.75, 3.05) is 6.61 Å². The number of aliphatic hydroxyl groups is 1. The molecule has 1 heterocycles. The zero-order chi connectivity index (χ0) is 10.8. The summed E-state index contributed by atoms with van der Waals surface area (Å²) in [5.74, 6) is 0.941. The highest BCUT2D eigenvalue weighted by molar-refractivity contribution is 5.40. The predicted octanol–water partition coefficient (Wildman–Crippen LogP) is 1.39.